The molecule has 6 nitrogen and oxygen atoms in total. The van der Waals surface area contributed by atoms with Crippen molar-refractivity contribution in [1.29, 1.82) is 0 Å². The van der Waals surface area contributed by atoms with E-state index >= 15 is 0 Å². The summed E-state index contributed by atoms with van der Waals surface area (Å²) in [5.41, 5.74) is 3.92. The lowest BCUT2D eigenvalue weighted by atomic mass is 9.89. The summed E-state index contributed by atoms with van der Waals surface area (Å²) < 4.78 is 52.5. The van der Waals surface area contributed by atoms with Crippen molar-refractivity contribution in [2.75, 3.05) is 13.2 Å². The van der Waals surface area contributed by atoms with Crippen LogP contribution in [0.5, 0.6) is 11.5 Å². The Hall–Kier alpha value is -3.20. The number of ether oxygens (including phenoxy) is 2. The molecule has 1 amide bonds. The van der Waals surface area contributed by atoms with E-state index in [1.165, 1.54) is 6.08 Å². The average Bonchev–Trinajstić information content (AvgIpc) is 3.15. The molecule has 0 saturated carbocycles. The molecule has 0 radical (unpaired) electrons. The predicted octanol–water partition coefficient (Wildman–Crippen LogP) is 2.79. The molecule has 2 N–H and O–H groups in total. The fourth-order valence-corrected chi connectivity index (χ4v) is 4.11. The molecule has 0 spiro atoms. The van der Waals surface area contributed by atoms with Crippen LogP contribution in [0.4, 0.5) is 13.2 Å². The molecule has 0 aromatic heterocycles. The monoisotopic (exact) mass is 417 g/mol. The van der Waals surface area contributed by atoms with Crippen LogP contribution in [0.15, 0.2) is 54.6 Å². The van der Waals surface area contributed by atoms with Gasteiger partial charge in [0.15, 0.2) is 11.5 Å². The first-order valence-corrected chi connectivity index (χ1v) is 9.51. The molecule has 3 aliphatic rings. The number of amides is 1. The number of fused-ring (bicyclic) bond motifs is 2. The van der Waals surface area contributed by atoms with Gasteiger partial charge < -0.3 is 14.8 Å². The van der Waals surface area contributed by atoms with E-state index in [-0.39, 0.29) is 0 Å². The summed E-state index contributed by atoms with van der Waals surface area (Å²) in [6.45, 7) is 0.859. The third kappa shape index (κ3) is 3.15. The molecular weight excluding hydrogens is 399 g/mol. The Morgan fingerprint density at radius 2 is 1.73 bits per heavy atom. The highest BCUT2D eigenvalue weighted by atomic mass is 19.4. The smallest absolute Gasteiger partial charge is 0.406 e. The maximum atomic E-state index is 13.8. The van der Waals surface area contributed by atoms with Crippen LogP contribution in [0.1, 0.15) is 17.0 Å². The first kappa shape index (κ1) is 18.8. The number of hydrazine groups is 1. The van der Waals surface area contributed by atoms with Crippen LogP contribution < -0.4 is 20.2 Å². The molecule has 3 unspecified atom stereocenters. The molecule has 2 aromatic rings. The highest BCUT2D eigenvalue weighted by Gasteiger charge is 2.57. The summed E-state index contributed by atoms with van der Waals surface area (Å²) >= 11 is 0. The summed E-state index contributed by atoms with van der Waals surface area (Å²) in [5.74, 6) is -0.433. The van der Waals surface area contributed by atoms with Gasteiger partial charge in [-0.05, 0) is 23.8 Å². The number of nitrogens with one attached hydrogen (secondary N) is 2. The number of rotatable bonds is 2. The highest BCUT2D eigenvalue weighted by molar-refractivity contribution is 5.97. The molecule has 0 bridgehead atoms. The molecule has 2 aromatic carbocycles. The largest absolute Gasteiger partial charge is 0.486 e. The summed E-state index contributed by atoms with van der Waals surface area (Å²) in [6.07, 6.45) is -4.15. The topological polar surface area (TPSA) is 62.8 Å². The van der Waals surface area contributed by atoms with Crippen molar-refractivity contribution in [2.45, 2.75) is 24.3 Å². The van der Waals surface area contributed by atoms with E-state index in [1.54, 1.807) is 48.5 Å². The van der Waals surface area contributed by atoms with Gasteiger partial charge in [-0.15, -0.1) is 0 Å². The lowest BCUT2D eigenvalue weighted by molar-refractivity contribution is -0.161. The SMILES string of the molecule is O=C1C=C(c2ccc3c(c2)OCCO3)NC2C(c3ccccc3)C(C(F)(F)F)NN12. The molecule has 1 fully saturated rings. The maximum absolute atomic E-state index is 13.8. The van der Waals surface area contributed by atoms with Gasteiger partial charge in [-0.25, -0.2) is 5.43 Å². The third-order valence-electron chi connectivity index (χ3n) is 5.45. The Balaban J connectivity index is 1.51. The zero-order valence-corrected chi connectivity index (χ0v) is 15.6. The Labute approximate surface area is 170 Å². The van der Waals surface area contributed by atoms with Gasteiger partial charge in [0, 0.05) is 17.3 Å². The zero-order valence-electron chi connectivity index (χ0n) is 15.6. The number of carbonyl (C=O) groups is 1. The highest BCUT2D eigenvalue weighted by Crippen LogP contribution is 2.42. The summed E-state index contributed by atoms with van der Waals surface area (Å²) in [5, 5.41) is 4.15. The molecule has 5 rings (SSSR count). The van der Waals surface area contributed by atoms with E-state index in [9.17, 15) is 18.0 Å². The summed E-state index contributed by atoms with van der Waals surface area (Å²) in [4.78, 5) is 12.7. The van der Waals surface area contributed by atoms with Crippen molar-refractivity contribution >= 4 is 11.6 Å². The summed E-state index contributed by atoms with van der Waals surface area (Å²) in [7, 11) is 0. The first-order valence-electron chi connectivity index (χ1n) is 9.51. The molecule has 1 saturated heterocycles. The van der Waals surface area contributed by atoms with Gasteiger partial charge in [0.25, 0.3) is 5.91 Å². The fourth-order valence-electron chi connectivity index (χ4n) is 4.11. The van der Waals surface area contributed by atoms with Gasteiger partial charge in [0.2, 0.25) is 0 Å². The molecule has 0 aliphatic carbocycles. The number of hydrogen-bond acceptors (Lipinski definition) is 5. The van der Waals surface area contributed by atoms with Gasteiger partial charge in [-0.1, -0.05) is 30.3 Å². The fraction of sp³-hybridized carbons (Fsp3) is 0.286. The third-order valence-corrected chi connectivity index (χ3v) is 5.45. The van der Waals surface area contributed by atoms with Gasteiger partial charge in [0.05, 0.1) is 5.92 Å². The van der Waals surface area contributed by atoms with Gasteiger partial charge in [-0.2, -0.15) is 13.2 Å². The quantitative estimate of drug-likeness (QED) is 0.787. The molecule has 3 aliphatic heterocycles. The van der Waals surface area contributed by atoms with Crippen molar-refractivity contribution in [2.24, 2.45) is 0 Å². The Morgan fingerprint density at radius 3 is 2.47 bits per heavy atom. The second-order valence-corrected chi connectivity index (χ2v) is 7.30. The van der Waals surface area contributed by atoms with E-state index in [4.69, 9.17) is 9.47 Å². The first-order chi connectivity index (χ1) is 14.4. The lowest BCUT2D eigenvalue weighted by Gasteiger charge is -2.33. The maximum Gasteiger partial charge on any atom is 0.406 e. The van der Waals surface area contributed by atoms with E-state index in [0.717, 1.165) is 5.01 Å². The van der Waals surface area contributed by atoms with Crippen LogP contribution in [-0.2, 0) is 4.79 Å². The van der Waals surface area contributed by atoms with Gasteiger partial charge in [-0.3, -0.25) is 9.80 Å². The van der Waals surface area contributed by atoms with Crippen LogP contribution in [0.3, 0.4) is 0 Å². The van der Waals surface area contributed by atoms with Crippen LogP contribution in [-0.4, -0.2) is 42.5 Å². The second kappa shape index (κ2) is 6.94. The Bertz CT molecular complexity index is 1010. The normalized spacial score (nSPS) is 25.4. The minimum atomic E-state index is -4.53. The van der Waals surface area contributed by atoms with Crippen molar-refractivity contribution in [3.63, 3.8) is 0 Å². The molecule has 30 heavy (non-hydrogen) atoms. The van der Waals surface area contributed by atoms with Crippen molar-refractivity contribution < 1.29 is 27.4 Å². The zero-order chi connectivity index (χ0) is 20.9. The minimum absolute atomic E-state index is 0.408. The molecular formula is C21H18F3N3O3. The van der Waals surface area contributed by atoms with E-state index < -0.39 is 30.2 Å². The molecule has 3 heterocycles. The Kier molecular flexibility index (Phi) is 4.35. The number of hydrogen-bond donors (Lipinski definition) is 2. The van der Waals surface area contributed by atoms with E-state index in [2.05, 4.69) is 10.7 Å². The lowest BCUT2D eigenvalue weighted by Crippen LogP contribution is -2.53. The van der Waals surface area contributed by atoms with Gasteiger partial charge in [0.1, 0.15) is 25.4 Å². The predicted molar refractivity (Wildman–Crippen MR) is 101 cm³/mol. The van der Waals surface area contributed by atoms with Crippen LogP contribution >= 0.6 is 0 Å². The molecule has 9 heteroatoms. The summed E-state index contributed by atoms with van der Waals surface area (Å²) in [6, 6.07) is 11.7. The van der Waals surface area contributed by atoms with Crippen molar-refractivity contribution in [3.8, 4) is 11.5 Å². The Morgan fingerprint density at radius 1 is 1.00 bits per heavy atom. The number of nitrogens with zero attached hydrogens (tertiary/aromatic N) is 1. The number of carbonyl (C=O) groups excluding carboxylic acids is 1. The van der Waals surface area contributed by atoms with Crippen LogP contribution in [0.2, 0.25) is 0 Å². The van der Waals surface area contributed by atoms with Gasteiger partial charge >= 0.3 is 6.18 Å². The van der Waals surface area contributed by atoms with E-state index in [0.29, 0.717) is 41.5 Å². The van der Waals surface area contributed by atoms with E-state index in [1.807, 2.05) is 0 Å². The standard InChI is InChI=1S/C21H18F3N3O3/c22-21(23,24)19-18(12-4-2-1-3-5-12)20-25-14(11-17(28)27(20)26-19)13-6-7-15-16(10-13)30-9-8-29-15/h1-7,10-11,18-20,25-26H,8-9H2. The minimum Gasteiger partial charge on any atom is -0.486 e. The average molecular weight is 417 g/mol. The van der Waals surface area contributed by atoms with Crippen molar-refractivity contribution in [3.05, 3.63) is 65.7 Å². The second-order valence-electron chi connectivity index (χ2n) is 7.30. The number of benzene rings is 2. The van der Waals surface area contributed by atoms with Crippen LogP contribution in [0.25, 0.3) is 5.70 Å². The van der Waals surface area contributed by atoms with Crippen LogP contribution in [0, 0.1) is 0 Å². The van der Waals surface area contributed by atoms with Crippen molar-refractivity contribution in [1.82, 2.24) is 15.8 Å². The molecule has 3 atom stereocenters. The number of alkyl halides is 3. The number of halogens is 3. The molecule has 156 valence electrons.